The van der Waals surface area contributed by atoms with Gasteiger partial charge in [-0.15, -0.1) is 0 Å². The van der Waals surface area contributed by atoms with Gasteiger partial charge in [-0.1, -0.05) is 0 Å². The molecule has 6 nitrogen and oxygen atoms in total. The van der Waals surface area contributed by atoms with Gasteiger partial charge in [0.2, 0.25) is 5.91 Å². The molecule has 0 aliphatic carbocycles. The lowest BCUT2D eigenvalue weighted by molar-refractivity contribution is -0.149. The van der Waals surface area contributed by atoms with E-state index in [-0.39, 0.29) is 0 Å². The Labute approximate surface area is 68.0 Å². The predicted molar refractivity (Wildman–Crippen MR) is 37.2 cm³/mol. The lowest BCUT2D eigenvalue weighted by Gasteiger charge is -2.05. The Bertz CT molecular complexity index is 196. The summed E-state index contributed by atoms with van der Waals surface area (Å²) in [6.45, 7) is 0. The number of carboxylic acid groups (broad SMARTS) is 2. The third-order valence-corrected chi connectivity index (χ3v) is 1.22. The van der Waals surface area contributed by atoms with Crippen LogP contribution in [-0.2, 0) is 14.4 Å². The van der Waals surface area contributed by atoms with Crippen molar-refractivity contribution in [3.63, 3.8) is 0 Å². The fraction of sp³-hybridized carbons (Fsp3) is 0.500. The summed E-state index contributed by atoms with van der Waals surface area (Å²) in [5.74, 6) is -4.62. The summed E-state index contributed by atoms with van der Waals surface area (Å²) < 4.78 is 0. The number of hydrogen-bond donors (Lipinski definition) is 3. The van der Waals surface area contributed by atoms with E-state index in [0.717, 1.165) is 0 Å². The molecular formula is C6H9NO5. The number of carboxylic acids is 2. The maximum atomic E-state index is 10.3. The number of nitrogens with two attached hydrogens (primary N) is 1. The Morgan fingerprint density at radius 1 is 1.17 bits per heavy atom. The number of carbonyl (C=O) groups is 3. The van der Waals surface area contributed by atoms with Gasteiger partial charge in [-0.2, -0.15) is 0 Å². The van der Waals surface area contributed by atoms with Gasteiger partial charge in [-0.25, -0.2) is 0 Å². The van der Waals surface area contributed by atoms with Crippen LogP contribution in [0.5, 0.6) is 0 Å². The quantitative estimate of drug-likeness (QED) is 0.497. The molecule has 0 radical (unpaired) electrons. The van der Waals surface area contributed by atoms with Crippen molar-refractivity contribution >= 4 is 17.8 Å². The van der Waals surface area contributed by atoms with Gasteiger partial charge in [0.15, 0.2) is 0 Å². The molecule has 0 bridgehead atoms. The largest absolute Gasteiger partial charge is 0.481 e. The van der Waals surface area contributed by atoms with Gasteiger partial charge < -0.3 is 15.9 Å². The first kappa shape index (κ1) is 10.4. The fourth-order valence-electron chi connectivity index (χ4n) is 0.700. The first-order chi connectivity index (χ1) is 5.43. The zero-order valence-corrected chi connectivity index (χ0v) is 6.19. The lowest BCUT2D eigenvalue weighted by atomic mass is 10.0. The normalized spacial score (nSPS) is 12.0. The molecule has 1 unspecified atom stereocenters. The van der Waals surface area contributed by atoms with E-state index in [9.17, 15) is 14.4 Å². The maximum Gasteiger partial charge on any atom is 0.307 e. The highest BCUT2D eigenvalue weighted by Crippen LogP contribution is 2.07. The van der Waals surface area contributed by atoms with Crippen LogP contribution in [-0.4, -0.2) is 28.1 Å². The highest BCUT2D eigenvalue weighted by Gasteiger charge is 2.22. The monoisotopic (exact) mass is 175 g/mol. The molecule has 0 saturated carbocycles. The average molecular weight is 175 g/mol. The third kappa shape index (κ3) is 4.26. The van der Waals surface area contributed by atoms with E-state index in [4.69, 9.17) is 15.9 Å². The standard InChI is InChI=1S/C6H9NO5/c7-4(8)1-3(6(11)12)2-5(9)10/h3H,1-2H2,(H2,7,8)(H,9,10)(H,11,12). The number of amides is 1. The van der Waals surface area contributed by atoms with Gasteiger partial charge in [0.25, 0.3) is 0 Å². The first-order valence-electron chi connectivity index (χ1n) is 3.16. The van der Waals surface area contributed by atoms with E-state index in [1.54, 1.807) is 0 Å². The smallest absolute Gasteiger partial charge is 0.307 e. The molecule has 0 saturated heterocycles. The molecule has 12 heavy (non-hydrogen) atoms. The van der Waals surface area contributed by atoms with E-state index >= 15 is 0 Å². The lowest BCUT2D eigenvalue weighted by Crippen LogP contribution is -2.24. The van der Waals surface area contributed by atoms with Gasteiger partial charge in [0, 0.05) is 6.42 Å². The summed E-state index contributed by atoms with van der Waals surface area (Å²) in [6, 6.07) is 0. The van der Waals surface area contributed by atoms with Gasteiger partial charge in [0.1, 0.15) is 0 Å². The molecule has 0 aliphatic rings. The van der Waals surface area contributed by atoms with Crippen molar-refractivity contribution < 1.29 is 24.6 Å². The van der Waals surface area contributed by atoms with Gasteiger partial charge in [0.05, 0.1) is 12.3 Å². The topological polar surface area (TPSA) is 118 Å². The zero-order valence-electron chi connectivity index (χ0n) is 6.19. The Morgan fingerprint density at radius 3 is 1.92 bits per heavy atom. The molecule has 0 aliphatic heterocycles. The molecule has 0 spiro atoms. The Morgan fingerprint density at radius 2 is 1.67 bits per heavy atom. The minimum absolute atomic E-state index is 0.443. The molecule has 4 N–H and O–H groups in total. The highest BCUT2D eigenvalue weighted by atomic mass is 16.4. The van der Waals surface area contributed by atoms with Crippen LogP contribution in [0.1, 0.15) is 12.8 Å². The van der Waals surface area contributed by atoms with Crippen molar-refractivity contribution in [1.29, 1.82) is 0 Å². The van der Waals surface area contributed by atoms with Crippen LogP contribution in [0.2, 0.25) is 0 Å². The Hall–Kier alpha value is -1.59. The van der Waals surface area contributed by atoms with E-state index in [1.165, 1.54) is 0 Å². The van der Waals surface area contributed by atoms with Crippen LogP contribution >= 0.6 is 0 Å². The third-order valence-electron chi connectivity index (χ3n) is 1.22. The van der Waals surface area contributed by atoms with Gasteiger partial charge >= 0.3 is 11.9 Å². The van der Waals surface area contributed by atoms with Crippen LogP contribution in [0.25, 0.3) is 0 Å². The number of hydrogen-bond acceptors (Lipinski definition) is 3. The SMILES string of the molecule is NC(=O)CC(CC(=O)O)C(=O)O. The Balaban J connectivity index is 4.14. The molecule has 0 rings (SSSR count). The van der Waals surface area contributed by atoms with Gasteiger partial charge in [-0.3, -0.25) is 14.4 Å². The average Bonchev–Trinajstić information content (AvgIpc) is 1.83. The van der Waals surface area contributed by atoms with Crippen molar-refractivity contribution in [2.24, 2.45) is 11.7 Å². The van der Waals surface area contributed by atoms with E-state index in [0.29, 0.717) is 0 Å². The number of aliphatic carboxylic acids is 2. The first-order valence-corrected chi connectivity index (χ1v) is 3.16. The van der Waals surface area contributed by atoms with Crippen molar-refractivity contribution in [1.82, 2.24) is 0 Å². The fourth-order valence-corrected chi connectivity index (χ4v) is 0.700. The molecular weight excluding hydrogens is 166 g/mol. The second-order valence-electron chi connectivity index (χ2n) is 2.30. The summed E-state index contributed by atoms with van der Waals surface area (Å²) in [5, 5.41) is 16.6. The molecule has 0 fully saturated rings. The van der Waals surface area contributed by atoms with E-state index in [2.05, 4.69) is 0 Å². The zero-order chi connectivity index (χ0) is 9.72. The molecule has 0 heterocycles. The van der Waals surface area contributed by atoms with Crippen molar-refractivity contribution in [3.8, 4) is 0 Å². The molecule has 1 amide bonds. The van der Waals surface area contributed by atoms with Crippen molar-refractivity contribution in [3.05, 3.63) is 0 Å². The molecule has 0 aromatic rings. The van der Waals surface area contributed by atoms with Crippen molar-refractivity contribution in [2.45, 2.75) is 12.8 Å². The van der Waals surface area contributed by atoms with Gasteiger partial charge in [-0.05, 0) is 0 Å². The number of carbonyl (C=O) groups excluding carboxylic acids is 1. The summed E-state index contributed by atoms with van der Waals surface area (Å²) in [6.07, 6.45) is -1.03. The molecule has 6 heteroatoms. The molecule has 0 aromatic carbocycles. The summed E-state index contributed by atoms with van der Waals surface area (Å²) in [7, 11) is 0. The minimum atomic E-state index is -1.32. The molecule has 68 valence electrons. The molecule has 1 atom stereocenters. The van der Waals surface area contributed by atoms with Crippen LogP contribution in [0.4, 0.5) is 0 Å². The predicted octanol–water partition coefficient (Wildman–Crippen LogP) is -0.963. The van der Waals surface area contributed by atoms with Crippen LogP contribution in [0.15, 0.2) is 0 Å². The molecule has 0 aromatic heterocycles. The number of rotatable bonds is 5. The Kier molecular flexibility index (Phi) is 3.75. The van der Waals surface area contributed by atoms with Crippen LogP contribution in [0, 0.1) is 5.92 Å². The second-order valence-corrected chi connectivity index (χ2v) is 2.30. The van der Waals surface area contributed by atoms with E-state index < -0.39 is 36.6 Å². The second kappa shape index (κ2) is 4.32. The maximum absolute atomic E-state index is 10.3. The summed E-state index contributed by atoms with van der Waals surface area (Å²) in [5.41, 5.74) is 4.71. The van der Waals surface area contributed by atoms with Crippen LogP contribution < -0.4 is 5.73 Å². The summed E-state index contributed by atoms with van der Waals surface area (Å²) in [4.78, 5) is 30.6. The van der Waals surface area contributed by atoms with Crippen molar-refractivity contribution in [2.75, 3.05) is 0 Å². The van der Waals surface area contributed by atoms with Crippen LogP contribution in [0.3, 0.4) is 0 Å². The highest BCUT2D eigenvalue weighted by molar-refractivity contribution is 5.84. The number of primary amides is 1. The summed E-state index contributed by atoms with van der Waals surface area (Å²) >= 11 is 0. The minimum Gasteiger partial charge on any atom is -0.481 e. The van der Waals surface area contributed by atoms with E-state index in [1.807, 2.05) is 0 Å².